The number of hydrogen-bond donors (Lipinski definition) is 2. The zero-order chi connectivity index (χ0) is 12.9. The van der Waals surface area contributed by atoms with Crippen LogP contribution in [0.2, 0.25) is 0 Å². The van der Waals surface area contributed by atoms with Crippen molar-refractivity contribution in [3.63, 3.8) is 0 Å². The predicted molar refractivity (Wildman–Crippen MR) is 58.6 cm³/mol. The molecule has 0 saturated heterocycles. The standard InChI is InChI=1S/C11H15F3N2O/c1-8(3-2-6-17)16-10-5-4-9(7-15-10)11(12,13)14/h4-5,7-8,17H,2-3,6H2,1H3,(H,15,16). The molecule has 2 N–H and O–H groups in total. The largest absolute Gasteiger partial charge is 0.417 e. The van der Waals surface area contributed by atoms with Crippen LogP contribution in [0.4, 0.5) is 19.0 Å². The first-order valence-corrected chi connectivity index (χ1v) is 5.34. The summed E-state index contributed by atoms with van der Waals surface area (Å²) < 4.78 is 36.8. The van der Waals surface area contributed by atoms with Crippen molar-refractivity contribution in [2.45, 2.75) is 32.0 Å². The van der Waals surface area contributed by atoms with Crippen molar-refractivity contribution in [2.24, 2.45) is 0 Å². The third-order valence-electron chi connectivity index (χ3n) is 2.28. The van der Waals surface area contributed by atoms with Gasteiger partial charge in [-0.25, -0.2) is 4.98 Å². The molecule has 0 bridgehead atoms. The van der Waals surface area contributed by atoms with Gasteiger partial charge >= 0.3 is 6.18 Å². The number of aliphatic hydroxyl groups is 1. The molecule has 0 spiro atoms. The van der Waals surface area contributed by atoms with Crippen molar-refractivity contribution in [2.75, 3.05) is 11.9 Å². The van der Waals surface area contributed by atoms with E-state index < -0.39 is 11.7 Å². The number of nitrogens with zero attached hydrogens (tertiary/aromatic N) is 1. The quantitative estimate of drug-likeness (QED) is 0.842. The first kappa shape index (κ1) is 13.8. The van der Waals surface area contributed by atoms with Gasteiger partial charge in [-0.2, -0.15) is 13.2 Å². The van der Waals surface area contributed by atoms with Gasteiger partial charge < -0.3 is 10.4 Å². The molecule has 96 valence electrons. The van der Waals surface area contributed by atoms with Gasteiger partial charge in [0.25, 0.3) is 0 Å². The van der Waals surface area contributed by atoms with Crippen LogP contribution in [-0.2, 0) is 6.18 Å². The molecule has 0 amide bonds. The Kier molecular flexibility index (Phi) is 4.74. The van der Waals surface area contributed by atoms with E-state index >= 15 is 0 Å². The molecule has 1 heterocycles. The van der Waals surface area contributed by atoms with Crippen molar-refractivity contribution in [1.82, 2.24) is 4.98 Å². The van der Waals surface area contributed by atoms with Crippen LogP contribution in [0.5, 0.6) is 0 Å². The first-order chi connectivity index (χ1) is 7.93. The second-order valence-corrected chi connectivity index (χ2v) is 3.84. The van der Waals surface area contributed by atoms with Gasteiger partial charge in [0.2, 0.25) is 0 Å². The summed E-state index contributed by atoms with van der Waals surface area (Å²) in [5, 5.41) is 11.6. The topological polar surface area (TPSA) is 45.1 Å². The highest BCUT2D eigenvalue weighted by molar-refractivity contribution is 5.36. The van der Waals surface area contributed by atoms with E-state index in [1.54, 1.807) is 0 Å². The van der Waals surface area contributed by atoms with Crippen molar-refractivity contribution < 1.29 is 18.3 Å². The van der Waals surface area contributed by atoms with E-state index in [1.807, 2.05) is 6.92 Å². The summed E-state index contributed by atoms with van der Waals surface area (Å²) in [7, 11) is 0. The molecule has 1 aromatic heterocycles. The maximum absolute atomic E-state index is 12.3. The fraction of sp³-hybridized carbons (Fsp3) is 0.545. The van der Waals surface area contributed by atoms with Gasteiger partial charge in [0, 0.05) is 18.8 Å². The molecule has 0 aliphatic rings. The van der Waals surface area contributed by atoms with Gasteiger partial charge in [-0.3, -0.25) is 0 Å². The van der Waals surface area contributed by atoms with Crippen LogP contribution in [-0.4, -0.2) is 22.7 Å². The van der Waals surface area contributed by atoms with E-state index in [2.05, 4.69) is 10.3 Å². The monoisotopic (exact) mass is 248 g/mol. The normalized spacial score (nSPS) is 13.5. The van der Waals surface area contributed by atoms with Crippen molar-refractivity contribution in [3.8, 4) is 0 Å². The molecule has 0 saturated carbocycles. The molecular weight excluding hydrogens is 233 g/mol. The molecule has 0 fully saturated rings. The number of rotatable bonds is 5. The maximum atomic E-state index is 12.3. The van der Waals surface area contributed by atoms with Crippen LogP contribution in [0.15, 0.2) is 18.3 Å². The summed E-state index contributed by atoms with van der Waals surface area (Å²) in [6.07, 6.45) is -2.16. The average molecular weight is 248 g/mol. The Morgan fingerprint density at radius 2 is 2.12 bits per heavy atom. The molecule has 3 nitrogen and oxygen atoms in total. The third-order valence-corrected chi connectivity index (χ3v) is 2.28. The minimum absolute atomic E-state index is 0.0615. The number of halogens is 3. The lowest BCUT2D eigenvalue weighted by Crippen LogP contribution is -2.16. The van der Waals surface area contributed by atoms with Gasteiger partial charge in [0.05, 0.1) is 5.56 Å². The summed E-state index contributed by atoms with van der Waals surface area (Å²) in [6.45, 7) is 1.99. The summed E-state index contributed by atoms with van der Waals surface area (Å²) in [5.41, 5.74) is -0.758. The zero-order valence-corrected chi connectivity index (χ0v) is 9.46. The minimum Gasteiger partial charge on any atom is -0.396 e. The Morgan fingerprint density at radius 1 is 1.41 bits per heavy atom. The number of aromatic nitrogens is 1. The molecule has 6 heteroatoms. The number of nitrogens with one attached hydrogen (secondary N) is 1. The number of aliphatic hydroxyl groups excluding tert-OH is 1. The average Bonchev–Trinajstić information content (AvgIpc) is 2.26. The second-order valence-electron chi connectivity index (χ2n) is 3.84. The van der Waals surface area contributed by atoms with Gasteiger partial charge in [0.1, 0.15) is 5.82 Å². The zero-order valence-electron chi connectivity index (χ0n) is 9.46. The van der Waals surface area contributed by atoms with Gasteiger partial charge in [-0.1, -0.05) is 0 Å². The minimum atomic E-state index is -4.35. The number of hydrogen-bond acceptors (Lipinski definition) is 3. The molecule has 1 aromatic rings. The smallest absolute Gasteiger partial charge is 0.396 e. The van der Waals surface area contributed by atoms with Gasteiger partial charge in [-0.15, -0.1) is 0 Å². The fourth-order valence-corrected chi connectivity index (χ4v) is 1.37. The Labute approximate surface area is 97.7 Å². The highest BCUT2D eigenvalue weighted by Gasteiger charge is 2.30. The molecule has 0 aliphatic heterocycles. The summed E-state index contributed by atoms with van der Waals surface area (Å²) >= 11 is 0. The summed E-state index contributed by atoms with van der Waals surface area (Å²) in [5.74, 6) is 0.406. The lowest BCUT2D eigenvalue weighted by atomic mass is 10.2. The van der Waals surface area contributed by atoms with Gasteiger partial charge in [0.15, 0.2) is 0 Å². The van der Waals surface area contributed by atoms with E-state index in [0.29, 0.717) is 12.2 Å². The lowest BCUT2D eigenvalue weighted by Gasteiger charge is -2.14. The van der Waals surface area contributed by atoms with Crippen molar-refractivity contribution >= 4 is 5.82 Å². The SMILES string of the molecule is CC(CCCO)Nc1ccc(C(F)(F)F)cn1. The van der Waals surface area contributed by atoms with E-state index in [-0.39, 0.29) is 12.6 Å². The van der Waals surface area contributed by atoms with Crippen LogP contribution < -0.4 is 5.32 Å². The Balaban J connectivity index is 2.56. The van der Waals surface area contributed by atoms with Crippen LogP contribution >= 0.6 is 0 Å². The number of anilines is 1. The van der Waals surface area contributed by atoms with Crippen molar-refractivity contribution in [3.05, 3.63) is 23.9 Å². The summed E-state index contributed by atoms with van der Waals surface area (Å²) in [6, 6.07) is 2.36. The molecule has 1 atom stereocenters. The van der Waals surface area contributed by atoms with Crippen LogP contribution in [0.1, 0.15) is 25.3 Å². The van der Waals surface area contributed by atoms with E-state index in [1.165, 1.54) is 6.07 Å². The predicted octanol–water partition coefficient (Wildman–Crippen LogP) is 2.67. The Bertz CT molecular complexity index is 338. The van der Waals surface area contributed by atoms with E-state index in [4.69, 9.17) is 5.11 Å². The maximum Gasteiger partial charge on any atom is 0.417 e. The third kappa shape index (κ3) is 4.60. The summed E-state index contributed by atoms with van der Waals surface area (Å²) in [4.78, 5) is 3.70. The number of alkyl halides is 3. The highest BCUT2D eigenvalue weighted by atomic mass is 19.4. The van der Waals surface area contributed by atoms with Crippen LogP contribution in [0, 0.1) is 0 Å². The second kappa shape index (κ2) is 5.86. The molecule has 0 radical (unpaired) electrons. The van der Waals surface area contributed by atoms with Crippen LogP contribution in [0.25, 0.3) is 0 Å². The Morgan fingerprint density at radius 3 is 2.59 bits per heavy atom. The molecular formula is C11H15F3N2O. The lowest BCUT2D eigenvalue weighted by molar-refractivity contribution is -0.137. The van der Waals surface area contributed by atoms with Crippen LogP contribution in [0.3, 0.4) is 0 Å². The van der Waals surface area contributed by atoms with Crippen molar-refractivity contribution in [1.29, 1.82) is 0 Å². The molecule has 0 aliphatic carbocycles. The Hall–Kier alpha value is -1.30. The molecule has 17 heavy (non-hydrogen) atoms. The first-order valence-electron chi connectivity index (χ1n) is 5.34. The van der Waals surface area contributed by atoms with Gasteiger partial charge in [-0.05, 0) is 31.9 Å². The highest BCUT2D eigenvalue weighted by Crippen LogP contribution is 2.28. The molecule has 1 rings (SSSR count). The number of pyridine rings is 1. The van der Waals surface area contributed by atoms with E-state index in [0.717, 1.165) is 18.7 Å². The van der Waals surface area contributed by atoms with E-state index in [9.17, 15) is 13.2 Å². The molecule has 1 unspecified atom stereocenters. The fourth-order valence-electron chi connectivity index (χ4n) is 1.37. The molecule has 0 aromatic carbocycles.